The van der Waals surface area contributed by atoms with Crippen LogP contribution in [0.5, 0.6) is 0 Å². The van der Waals surface area contributed by atoms with Crippen LogP contribution in [0.15, 0.2) is 6.07 Å². The van der Waals surface area contributed by atoms with Crippen LogP contribution < -0.4 is 5.32 Å². The number of pyridine rings is 1. The molecular formula is C19H33Cl2N5O. The molecule has 0 aliphatic heterocycles. The van der Waals surface area contributed by atoms with E-state index in [0.29, 0.717) is 12.1 Å². The van der Waals surface area contributed by atoms with Gasteiger partial charge >= 0.3 is 0 Å². The van der Waals surface area contributed by atoms with Crippen LogP contribution in [-0.2, 0) is 5.54 Å². The molecule has 6 nitrogen and oxygen atoms in total. The molecule has 2 aromatic rings. The number of likely N-dealkylation sites (N-methyl/N-ethyl adjacent to an activating group) is 2. The minimum absolute atomic E-state index is 0. The number of rotatable bonds is 5. The van der Waals surface area contributed by atoms with E-state index >= 15 is 0 Å². The monoisotopic (exact) mass is 417 g/mol. The molecule has 0 aromatic carbocycles. The van der Waals surface area contributed by atoms with Gasteiger partial charge in [0, 0.05) is 25.8 Å². The zero-order chi connectivity index (χ0) is 18.9. The molecule has 0 fully saturated rings. The van der Waals surface area contributed by atoms with Gasteiger partial charge in [-0.15, -0.1) is 24.8 Å². The molecule has 0 bridgehead atoms. The van der Waals surface area contributed by atoms with E-state index in [2.05, 4.69) is 39.9 Å². The average Bonchev–Trinajstić information content (AvgIpc) is 2.88. The molecule has 1 amide bonds. The zero-order valence-corrected chi connectivity index (χ0v) is 19.2. The summed E-state index contributed by atoms with van der Waals surface area (Å²) in [6.45, 7) is 13.9. The third kappa shape index (κ3) is 5.33. The Balaban J connectivity index is 0.00000338. The quantitative estimate of drug-likeness (QED) is 0.803. The van der Waals surface area contributed by atoms with Crippen molar-refractivity contribution in [3.05, 3.63) is 23.0 Å². The minimum Gasteiger partial charge on any atom is -0.340 e. The molecule has 0 aliphatic carbocycles. The largest absolute Gasteiger partial charge is 0.340 e. The summed E-state index contributed by atoms with van der Waals surface area (Å²) < 4.78 is 1.94. The van der Waals surface area contributed by atoms with Crippen LogP contribution in [0.4, 0.5) is 0 Å². The lowest BCUT2D eigenvalue weighted by Crippen LogP contribution is -2.33. The predicted molar refractivity (Wildman–Crippen MR) is 117 cm³/mol. The highest BCUT2D eigenvalue weighted by Gasteiger charge is 2.26. The fourth-order valence-corrected chi connectivity index (χ4v) is 2.83. The van der Waals surface area contributed by atoms with Crippen LogP contribution >= 0.6 is 24.8 Å². The molecule has 2 rings (SSSR count). The second-order valence-corrected chi connectivity index (χ2v) is 7.95. The topological polar surface area (TPSA) is 63.1 Å². The van der Waals surface area contributed by atoms with E-state index in [1.807, 2.05) is 31.8 Å². The third-order valence-corrected chi connectivity index (χ3v) is 4.33. The molecule has 0 atom stereocenters. The second-order valence-electron chi connectivity index (χ2n) is 7.95. The first-order chi connectivity index (χ1) is 11.6. The van der Waals surface area contributed by atoms with Gasteiger partial charge in [0.05, 0.1) is 22.2 Å². The summed E-state index contributed by atoms with van der Waals surface area (Å²) in [6, 6.07) is 1.94. The first kappa shape index (κ1) is 25.6. The number of amides is 1. The first-order valence-corrected chi connectivity index (χ1v) is 8.88. The van der Waals surface area contributed by atoms with Crippen molar-refractivity contribution in [3.63, 3.8) is 0 Å². The van der Waals surface area contributed by atoms with Gasteiger partial charge in [-0.2, -0.15) is 5.10 Å². The zero-order valence-electron chi connectivity index (χ0n) is 17.6. The van der Waals surface area contributed by atoms with Gasteiger partial charge in [0.25, 0.3) is 5.91 Å². The summed E-state index contributed by atoms with van der Waals surface area (Å²) in [5.41, 5.74) is 3.05. The third-order valence-electron chi connectivity index (χ3n) is 4.33. The van der Waals surface area contributed by atoms with Gasteiger partial charge < -0.3 is 10.2 Å². The molecule has 0 spiro atoms. The molecule has 2 aromatic heterocycles. The summed E-state index contributed by atoms with van der Waals surface area (Å²) in [6.07, 6.45) is 0. The number of aryl methyl sites for hydroxylation is 1. The van der Waals surface area contributed by atoms with E-state index in [1.165, 1.54) is 0 Å². The van der Waals surface area contributed by atoms with Crippen molar-refractivity contribution in [2.75, 3.05) is 27.2 Å². The van der Waals surface area contributed by atoms with Crippen LogP contribution in [0.25, 0.3) is 11.0 Å². The summed E-state index contributed by atoms with van der Waals surface area (Å²) in [5, 5.41) is 8.64. The van der Waals surface area contributed by atoms with Crippen molar-refractivity contribution in [2.45, 2.75) is 53.0 Å². The molecule has 1 N–H and O–H groups in total. The van der Waals surface area contributed by atoms with Crippen LogP contribution in [-0.4, -0.2) is 52.8 Å². The number of halogens is 2. The van der Waals surface area contributed by atoms with Crippen molar-refractivity contribution >= 4 is 41.8 Å². The Bertz CT molecular complexity index is 780. The molecule has 154 valence electrons. The van der Waals surface area contributed by atoms with Gasteiger partial charge in [-0.1, -0.05) is 13.8 Å². The van der Waals surface area contributed by atoms with Gasteiger partial charge in [-0.3, -0.25) is 4.79 Å². The van der Waals surface area contributed by atoms with Crippen molar-refractivity contribution < 1.29 is 4.79 Å². The highest BCUT2D eigenvalue weighted by Crippen LogP contribution is 2.29. The maximum Gasteiger partial charge on any atom is 0.254 e. The Morgan fingerprint density at radius 2 is 1.89 bits per heavy atom. The molecule has 8 heteroatoms. The van der Waals surface area contributed by atoms with Gasteiger partial charge in [-0.05, 0) is 46.7 Å². The molecule has 2 heterocycles. The second kappa shape index (κ2) is 9.71. The maximum absolute atomic E-state index is 13.1. The number of carbonyl (C=O) groups excluding carboxylic acids is 1. The van der Waals surface area contributed by atoms with Crippen molar-refractivity contribution in [2.24, 2.45) is 0 Å². The Labute approximate surface area is 174 Å². The average molecular weight is 418 g/mol. The SMILES string of the molecule is CNCCN(C)C(=O)c1cc(C(C)C)nc2c1c(C)nn2C(C)(C)C.Cl.Cl. The molecule has 0 saturated heterocycles. The summed E-state index contributed by atoms with van der Waals surface area (Å²) >= 11 is 0. The number of nitrogens with one attached hydrogen (secondary N) is 1. The fraction of sp³-hybridized carbons (Fsp3) is 0.632. The highest BCUT2D eigenvalue weighted by atomic mass is 35.5. The van der Waals surface area contributed by atoms with Crippen LogP contribution in [0, 0.1) is 6.92 Å². The Hall–Kier alpha value is -1.37. The van der Waals surface area contributed by atoms with E-state index in [9.17, 15) is 4.79 Å². The lowest BCUT2D eigenvalue weighted by molar-refractivity contribution is 0.0798. The number of nitrogens with zero attached hydrogens (tertiary/aromatic N) is 4. The number of aromatic nitrogens is 3. The van der Waals surface area contributed by atoms with E-state index in [0.717, 1.165) is 29.0 Å². The summed E-state index contributed by atoms with van der Waals surface area (Å²) in [7, 11) is 3.72. The first-order valence-electron chi connectivity index (χ1n) is 8.88. The molecule has 0 aliphatic rings. The van der Waals surface area contributed by atoms with Gasteiger partial charge in [0.1, 0.15) is 0 Å². The smallest absolute Gasteiger partial charge is 0.254 e. The molecule has 0 saturated carbocycles. The van der Waals surface area contributed by atoms with Crippen molar-refractivity contribution in [1.29, 1.82) is 0 Å². The minimum atomic E-state index is -0.201. The van der Waals surface area contributed by atoms with Gasteiger partial charge in [0.15, 0.2) is 5.65 Å². The normalized spacial score (nSPS) is 11.3. The number of carbonyl (C=O) groups is 1. The summed E-state index contributed by atoms with van der Waals surface area (Å²) in [5.74, 6) is 0.253. The van der Waals surface area contributed by atoms with Gasteiger partial charge in [-0.25, -0.2) is 9.67 Å². The van der Waals surface area contributed by atoms with Gasteiger partial charge in [0.2, 0.25) is 0 Å². The van der Waals surface area contributed by atoms with Crippen LogP contribution in [0.3, 0.4) is 0 Å². The number of hydrogen-bond acceptors (Lipinski definition) is 4. The molecule has 0 radical (unpaired) electrons. The number of fused-ring (bicyclic) bond motifs is 1. The molecule has 27 heavy (non-hydrogen) atoms. The lowest BCUT2D eigenvalue weighted by Gasteiger charge is -2.21. The predicted octanol–water partition coefficient (Wildman–Crippen LogP) is 3.75. The Morgan fingerprint density at radius 1 is 1.30 bits per heavy atom. The summed E-state index contributed by atoms with van der Waals surface area (Å²) in [4.78, 5) is 19.7. The van der Waals surface area contributed by atoms with E-state index in [-0.39, 0.29) is 42.2 Å². The van der Waals surface area contributed by atoms with E-state index in [4.69, 9.17) is 10.1 Å². The maximum atomic E-state index is 13.1. The Kier molecular flexibility index (Phi) is 9.22. The fourth-order valence-electron chi connectivity index (χ4n) is 2.83. The van der Waals surface area contributed by atoms with Crippen LogP contribution in [0.1, 0.15) is 62.3 Å². The van der Waals surface area contributed by atoms with Crippen molar-refractivity contribution in [1.82, 2.24) is 25.0 Å². The standard InChI is InChI=1S/C19H31N5O.2ClH/c1-12(2)15-11-14(18(25)23(8)10-9-20-7)16-13(3)22-24(17(16)21-15)19(4,5)6;;/h11-12,20H,9-10H2,1-8H3;2*1H. The molecule has 0 unspecified atom stereocenters. The van der Waals surface area contributed by atoms with Crippen molar-refractivity contribution in [3.8, 4) is 0 Å². The molecular weight excluding hydrogens is 385 g/mol. The lowest BCUT2D eigenvalue weighted by atomic mass is 10.0. The Morgan fingerprint density at radius 3 is 2.37 bits per heavy atom. The van der Waals surface area contributed by atoms with E-state index < -0.39 is 0 Å². The highest BCUT2D eigenvalue weighted by molar-refractivity contribution is 6.06. The van der Waals surface area contributed by atoms with Crippen LogP contribution in [0.2, 0.25) is 0 Å². The number of hydrogen-bond donors (Lipinski definition) is 1. The van der Waals surface area contributed by atoms with E-state index in [1.54, 1.807) is 4.90 Å².